The summed E-state index contributed by atoms with van der Waals surface area (Å²) in [7, 11) is 2.04. The van der Waals surface area contributed by atoms with Gasteiger partial charge in [0.05, 0.1) is 10.0 Å². The number of likely N-dealkylation sites (N-methyl/N-ethyl adjacent to an activating group) is 1. The van der Waals surface area contributed by atoms with Crippen LogP contribution in [0, 0.1) is 0 Å². The zero-order chi connectivity index (χ0) is 26.5. The maximum Gasteiger partial charge on any atom is 0.251 e. The molecule has 1 saturated heterocycles. The summed E-state index contributed by atoms with van der Waals surface area (Å²) in [5.74, 6) is -0.504. The van der Waals surface area contributed by atoms with Gasteiger partial charge in [0.15, 0.2) is 0 Å². The first-order valence-corrected chi connectivity index (χ1v) is 14.0. The number of rotatable bonds is 14. The Morgan fingerprint density at radius 2 is 1.54 bits per heavy atom. The number of carbonyl (C=O) groups excluding carboxylic acids is 3. The summed E-state index contributed by atoms with van der Waals surface area (Å²) >= 11 is 12.1. The van der Waals surface area contributed by atoms with E-state index in [1.807, 2.05) is 16.8 Å². The fraction of sp³-hybridized carbons (Fsp3) is 0.667. The second-order valence-corrected chi connectivity index (χ2v) is 10.4. The summed E-state index contributed by atoms with van der Waals surface area (Å²) in [5, 5.41) is 3.53. The zero-order valence-electron chi connectivity index (χ0n) is 22.4. The standard InChI is InChI=1S/C27H42Cl2N4O3.ClH/c1-4-6-8-14-33(15-9-7-5-2)27(36)24(12-13-25(34)32-18-16-31(3)17-19-32)30-26(35)21-10-11-22(28)23(29)20-21;/h10-11,20,24H,4-9,12-19H2,1-3H3,(H,30,35);1H. The van der Waals surface area contributed by atoms with Crippen molar-refractivity contribution in [1.29, 1.82) is 0 Å². The van der Waals surface area contributed by atoms with E-state index in [2.05, 4.69) is 24.1 Å². The minimum absolute atomic E-state index is 0. The molecule has 10 heteroatoms. The molecule has 1 unspecified atom stereocenters. The van der Waals surface area contributed by atoms with Gasteiger partial charge < -0.3 is 20.0 Å². The highest BCUT2D eigenvalue weighted by Crippen LogP contribution is 2.23. The molecule has 0 radical (unpaired) electrons. The predicted molar refractivity (Wildman–Crippen MR) is 154 cm³/mol. The number of piperazine rings is 1. The van der Waals surface area contributed by atoms with Gasteiger partial charge in [0.1, 0.15) is 6.04 Å². The molecule has 210 valence electrons. The van der Waals surface area contributed by atoms with E-state index in [-0.39, 0.29) is 42.1 Å². The fourth-order valence-electron chi connectivity index (χ4n) is 4.28. The number of carbonyl (C=O) groups is 3. The minimum Gasteiger partial charge on any atom is -0.341 e. The van der Waals surface area contributed by atoms with Crippen molar-refractivity contribution in [2.75, 3.05) is 46.3 Å². The third kappa shape index (κ3) is 11.4. The Morgan fingerprint density at radius 3 is 2.08 bits per heavy atom. The van der Waals surface area contributed by atoms with E-state index in [1.165, 1.54) is 6.07 Å². The molecule has 37 heavy (non-hydrogen) atoms. The van der Waals surface area contributed by atoms with Crippen molar-refractivity contribution < 1.29 is 14.4 Å². The van der Waals surface area contributed by atoms with Gasteiger partial charge in [-0.3, -0.25) is 14.4 Å². The van der Waals surface area contributed by atoms with E-state index < -0.39 is 11.9 Å². The van der Waals surface area contributed by atoms with Crippen molar-refractivity contribution in [2.24, 2.45) is 0 Å². The second-order valence-electron chi connectivity index (χ2n) is 9.62. The maximum atomic E-state index is 13.7. The molecule has 1 fully saturated rings. The Labute approximate surface area is 238 Å². The number of amides is 3. The summed E-state index contributed by atoms with van der Waals surface area (Å²) in [4.78, 5) is 45.6. The third-order valence-electron chi connectivity index (χ3n) is 6.66. The Kier molecular flexibility index (Phi) is 16.2. The first-order valence-electron chi connectivity index (χ1n) is 13.3. The zero-order valence-corrected chi connectivity index (χ0v) is 24.8. The SMILES string of the molecule is CCCCCN(CCCCC)C(=O)C(CCC(=O)N1CCN(C)CC1)NC(=O)c1ccc(Cl)c(Cl)c1.Cl. The van der Waals surface area contributed by atoms with Crippen molar-refractivity contribution in [3.05, 3.63) is 33.8 Å². The van der Waals surface area contributed by atoms with E-state index in [0.29, 0.717) is 36.8 Å². The van der Waals surface area contributed by atoms with Gasteiger partial charge in [0.2, 0.25) is 11.8 Å². The number of halogens is 3. The third-order valence-corrected chi connectivity index (χ3v) is 7.40. The Balaban J connectivity index is 0.00000684. The second kappa shape index (κ2) is 17.9. The highest BCUT2D eigenvalue weighted by Gasteiger charge is 2.28. The lowest BCUT2D eigenvalue weighted by molar-refractivity contribution is -0.135. The molecule has 1 aliphatic heterocycles. The molecule has 0 aliphatic carbocycles. The van der Waals surface area contributed by atoms with Crippen molar-refractivity contribution >= 4 is 53.3 Å². The van der Waals surface area contributed by atoms with Crippen molar-refractivity contribution in [2.45, 2.75) is 71.3 Å². The van der Waals surface area contributed by atoms with Crippen molar-refractivity contribution in [1.82, 2.24) is 20.0 Å². The molecule has 0 aromatic heterocycles. The van der Waals surface area contributed by atoms with Crippen molar-refractivity contribution in [3.8, 4) is 0 Å². The molecule has 1 heterocycles. The fourth-order valence-corrected chi connectivity index (χ4v) is 4.57. The number of hydrogen-bond donors (Lipinski definition) is 1. The molecule has 1 N–H and O–H groups in total. The first kappa shape index (κ1) is 33.5. The molecular weight excluding hydrogens is 535 g/mol. The summed E-state index contributed by atoms with van der Waals surface area (Å²) in [6.07, 6.45) is 6.51. The molecule has 1 aromatic carbocycles. The molecule has 7 nitrogen and oxygen atoms in total. The molecule has 1 aromatic rings. The van der Waals surface area contributed by atoms with E-state index >= 15 is 0 Å². The van der Waals surface area contributed by atoms with E-state index in [9.17, 15) is 14.4 Å². The van der Waals surface area contributed by atoms with Crippen LogP contribution in [-0.2, 0) is 9.59 Å². The summed E-state index contributed by atoms with van der Waals surface area (Å²) in [6, 6.07) is 3.86. The van der Waals surface area contributed by atoms with E-state index in [0.717, 1.165) is 51.6 Å². The average molecular weight is 578 g/mol. The van der Waals surface area contributed by atoms with Gasteiger partial charge in [-0.2, -0.15) is 0 Å². The van der Waals surface area contributed by atoms with Gasteiger partial charge in [-0.15, -0.1) is 12.4 Å². The van der Waals surface area contributed by atoms with E-state index in [4.69, 9.17) is 23.2 Å². The maximum absolute atomic E-state index is 13.7. The number of nitrogens with zero attached hydrogens (tertiary/aromatic N) is 3. The van der Waals surface area contributed by atoms with Crippen LogP contribution in [-0.4, -0.2) is 84.8 Å². The summed E-state index contributed by atoms with van der Waals surface area (Å²) in [5.41, 5.74) is 0.330. The number of benzene rings is 1. The van der Waals surface area contributed by atoms with Crippen molar-refractivity contribution in [3.63, 3.8) is 0 Å². The lowest BCUT2D eigenvalue weighted by atomic mass is 10.1. The minimum atomic E-state index is -0.786. The normalized spacial score (nSPS) is 14.6. The molecular formula is C27H43Cl3N4O3. The lowest BCUT2D eigenvalue weighted by Crippen LogP contribution is -2.50. The van der Waals surface area contributed by atoms with E-state index in [1.54, 1.807) is 12.1 Å². The lowest BCUT2D eigenvalue weighted by Gasteiger charge is -2.33. The van der Waals surface area contributed by atoms with Gasteiger partial charge in [-0.1, -0.05) is 62.7 Å². The molecule has 1 atom stereocenters. The molecule has 0 spiro atoms. The van der Waals surface area contributed by atoms with Crippen LogP contribution in [0.2, 0.25) is 10.0 Å². The van der Waals surface area contributed by atoms with Gasteiger partial charge in [-0.05, 0) is 44.5 Å². The Bertz CT molecular complexity index is 853. The molecule has 2 rings (SSSR count). The molecule has 0 bridgehead atoms. The predicted octanol–water partition coefficient (Wildman–Crippen LogP) is 5.28. The molecule has 1 aliphatic rings. The summed E-state index contributed by atoms with van der Waals surface area (Å²) in [6.45, 7) is 8.62. The largest absolute Gasteiger partial charge is 0.341 e. The first-order chi connectivity index (χ1) is 17.3. The highest BCUT2D eigenvalue weighted by molar-refractivity contribution is 6.42. The van der Waals surface area contributed by atoms with Gasteiger partial charge in [0.25, 0.3) is 5.91 Å². The van der Waals surface area contributed by atoms with Gasteiger partial charge in [0, 0.05) is 51.3 Å². The van der Waals surface area contributed by atoms with Crippen LogP contribution in [0.25, 0.3) is 0 Å². The Hall–Kier alpha value is -1.54. The summed E-state index contributed by atoms with van der Waals surface area (Å²) < 4.78 is 0. The number of unbranched alkanes of at least 4 members (excludes halogenated alkanes) is 4. The smallest absolute Gasteiger partial charge is 0.251 e. The quantitative estimate of drug-likeness (QED) is 0.306. The van der Waals surface area contributed by atoms with Crippen LogP contribution in [0.15, 0.2) is 18.2 Å². The van der Waals surface area contributed by atoms with Gasteiger partial charge in [-0.25, -0.2) is 0 Å². The highest BCUT2D eigenvalue weighted by atomic mass is 35.5. The molecule has 3 amide bonds. The topological polar surface area (TPSA) is 73.0 Å². The van der Waals surface area contributed by atoms with Crippen LogP contribution < -0.4 is 5.32 Å². The monoisotopic (exact) mass is 576 g/mol. The van der Waals surface area contributed by atoms with Crippen LogP contribution in [0.1, 0.15) is 75.6 Å². The van der Waals surface area contributed by atoms with Crippen LogP contribution in [0.4, 0.5) is 0 Å². The number of hydrogen-bond acceptors (Lipinski definition) is 4. The average Bonchev–Trinajstić information content (AvgIpc) is 2.87. The Morgan fingerprint density at radius 1 is 0.946 bits per heavy atom. The molecule has 0 saturated carbocycles. The van der Waals surface area contributed by atoms with Gasteiger partial charge >= 0.3 is 0 Å². The van der Waals surface area contributed by atoms with Crippen LogP contribution >= 0.6 is 35.6 Å². The van der Waals surface area contributed by atoms with Crippen LogP contribution in [0.3, 0.4) is 0 Å². The number of nitrogens with one attached hydrogen (secondary N) is 1. The van der Waals surface area contributed by atoms with Crippen LogP contribution in [0.5, 0.6) is 0 Å².